The minimum atomic E-state index is -0.405. The van der Waals surface area contributed by atoms with Gasteiger partial charge in [0.1, 0.15) is 5.75 Å². The van der Waals surface area contributed by atoms with Crippen LogP contribution in [-0.2, 0) is 9.59 Å². The lowest BCUT2D eigenvalue weighted by Gasteiger charge is -2.10. The number of hydrazine groups is 1. The van der Waals surface area contributed by atoms with Crippen LogP contribution in [0, 0.1) is 0 Å². The minimum absolute atomic E-state index is 0.163. The molecule has 0 fully saturated rings. The highest BCUT2D eigenvalue weighted by atomic mass is 16.5. The molecule has 0 heterocycles. The fourth-order valence-electron chi connectivity index (χ4n) is 2.12. The van der Waals surface area contributed by atoms with Gasteiger partial charge in [-0.3, -0.25) is 20.4 Å². The van der Waals surface area contributed by atoms with E-state index in [0.717, 1.165) is 11.1 Å². The highest BCUT2D eigenvalue weighted by Crippen LogP contribution is 2.21. The maximum atomic E-state index is 11.7. The molecule has 2 aromatic carbocycles. The summed E-state index contributed by atoms with van der Waals surface area (Å²) in [5.74, 6) is -0.0307. The summed E-state index contributed by atoms with van der Waals surface area (Å²) in [5, 5.41) is 0. The molecule has 25 heavy (non-hydrogen) atoms. The lowest BCUT2D eigenvalue weighted by atomic mass is 10.1. The van der Waals surface area contributed by atoms with Gasteiger partial charge in [-0.1, -0.05) is 42.5 Å². The summed E-state index contributed by atoms with van der Waals surface area (Å²) in [5.41, 5.74) is 6.91. The van der Waals surface area contributed by atoms with Gasteiger partial charge in [-0.05, 0) is 23.3 Å². The first-order valence-corrected chi connectivity index (χ1v) is 8.19. The SMILES string of the molecule is C[NH+](C)CCC(=O)NNC(=O)COc1ccc(-c2ccccc2)cc1. The third-order valence-electron chi connectivity index (χ3n) is 3.52. The van der Waals surface area contributed by atoms with Crippen LogP contribution in [0.15, 0.2) is 54.6 Å². The van der Waals surface area contributed by atoms with Crippen molar-refractivity contribution >= 4 is 11.8 Å². The summed E-state index contributed by atoms with van der Waals surface area (Å²) >= 11 is 0. The number of hydrogen-bond donors (Lipinski definition) is 3. The van der Waals surface area contributed by atoms with Gasteiger partial charge in [0, 0.05) is 0 Å². The van der Waals surface area contributed by atoms with Crippen molar-refractivity contribution in [2.75, 3.05) is 27.2 Å². The first-order chi connectivity index (χ1) is 12.0. The number of carbonyl (C=O) groups excluding carboxylic acids is 2. The smallest absolute Gasteiger partial charge is 0.276 e. The number of nitrogens with one attached hydrogen (secondary N) is 3. The second-order valence-electron chi connectivity index (χ2n) is 5.98. The first kappa shape index (κ1) is 18.5. The number of benzene rings is 2. The van der Waals surface area contributed by atoms with Gasteiger partial charge < -0.3 is 9.64 Å². The zero-order valence-corrected chi connectivity index (χ0v) is 14.5. The van der Waals surface area contributed by atoms with Crippen molar-refractivity contribution in [3.05, 3.63) is 54.6 Å². The molecule has 0 bridgehead atoms. The zero-order valence-electron chi connectivity index (χ0n) is 14.5. The highest BCUT2D eigenvalue weighted by molar-refractivity contribution is 5.82. The van der Waals surface area contributed by atoms with Crippen LogP contribution in [0.2, 0.25) is 0 Å². The van der Waals surface area contributed by atoms with Crippen molar-refractivity contribution < 1.29 is 19.2 Å². The lowest BCUT2D eigenvalue weighted by Crippen LogP contribution is -3.05. The van der Waals surface area contributed by atoms with Crippen molar-refractivity contribution in [1.82, 2.24) is 10.9 Å². The van der Waals surface area contributed by atoms with Gasteiger partial charge in [-0.2, -0.15) is 0 Å². The summed E-state index contributed by atoms with van der Waals surface area (Å²) in [6.45, 7) is 0.538. The normalized spacial score (nSPS) is 10.4. The van der Waals surface area contributed by atoms with Crippen LogP contribution >= 0.6 is 0 Å². The molecule has 132 valence electrons. The van der Waals surface area contributed by atoms with Crippen molar-refractivity contribution in [1.29, 1.82) is 0 Å². The molecule has 0 aliphatic heterocycles. The molecular weight excluding hydrogens is 318 g/mol. The van der Waals surface area contributed by atoms with Gasteiger partial charge in [0.05, 0.1) is 27.1 Å². The van der Waals surface area contributed by atoms with Crippen molar-refractivity contribution in [2.24, 2.45) is 0 Å². The second kappa shape index (κ2) is 9.44. The quantitative estimate of drug-likeness (QED) is 0.639. The van der Waals surface area contributed by atoms with Gasteiger partial charge >= 0.3 is 0 Å². The van der Waals surface area contributed by atoms with E-state index in [-0.39, 0.29) is 12.5 Å². The number of quaternary nitrogens is 1. The van der Waals surface area contributed by atoms with Crippen LogP contribution in [0.5, 0.6) is 5.75 Å². The third-order valence-corrected chi connectivity index (χ3v) is 3.52. The number of ether oxygens (including phenoxy) is 1. The predicted molar refractivity (Wildman–Crippen MR) is 96.0 cm³/mol. The number of carbonyl (C=O) groups is 2. The van der Waals surface area contributed by atoms with Crippen molar-refractivity contribution in [3.8, 4) is 16.9 Å². The molecule has 6 heteroatoms. The van der Waals surface area contributed by atoms with Gasteiger partial charge in [-0.15, -0.1) is 0 Å². The van der Waals surface area contributed by atoms with E-state index in [2.05, 4.69) is 10.9 Å². The Morgan fingerprint density at radius 3 is 2.12 bits per heavy atom. The van der Waals surface area contributed by atoms with Crippen molar-refractivity contribution in [3.63, 3.8) is 0 Å². The Labute approximate surface area is 147 Å². The molecule has 0 radical (unpaired) electrons. The second-order valence-corrected chi connectivity index (χ2v) is 5.98. The summed E-state index contributed by atoms with van der Waals surface area (Å²) in [6, 6.07) is 17.5. The van der Waals surface area contributed by atoms with E-state index >= 15 is 0 Å². The molecule has 0 unspecified atom stereocenters. The van der Waals surface area contributed by atoms with E-state index < -0.39 is 5.91 Å². The largest absolute Gasteiger partial charge is 0.484 e. The molecule has 2 amide bonds. The Morgan fingerprint density at radius 2 is 1.48 bits per heavy atom. The van der Waals surface area contributed by atoms with Crippen LogP contribution in [0.3, 0.4) is 0 Å². The van der Waals surface area contributed by atoms with Gasteiger partial charge in [0.2, 0.25) is 5.91 Å². The summed E-state index contributed by atoms with van der Waals surface area (Å²) in [6.07, 6.45) is 0.352. The first-order valence-electron chi connectivity index (χ1n) is 8.19. The van der Waals surface area contributed by atoms with E-state index in [1.807, 2.05) is 68.7 Å². The molecule has 2 aromatic rings. The Hall–Kier alpha value is -2.86. The molecule has 3 N–H and O–H groups in total. The monoisotopic (exact) mass is 342 g/mol. The predicted octanol–water partition coefficient (Wildman–Crippen LogP) is 0.414. The fraction of sp³-hybridized carbons (Fsp3) is 0.263. The van der Waals surface area contributed by atoms with Crippen LogP contribution < -0.4 is 20.5 Å². The molecule has 0 spiro atoms. The molecular formula is C19H24N3O3+. The van der Waals surface area contributed by atoms with Crippen molar-refractivity contribution in [2.45, 2.75) is 6.42 Å². The molecule has 0 atom stereocenters. The fourth-order valence-corrected chi connectivity index (χ4v) is 2.12. The average molecular weight is 342 g/mol. The molecule has 0 aliphatic carbocycles. The maximum Gasteiger partial charge on any atom is 0.276 e. The van der Waals surface area contributed by atoms with E-state index in [1.54, 1.807) is 0 Å². The van der Waals surface area contributed by atoms with E-state index in [9.17, 15) is 9.59 Å². The Morgan fingerprint density at radius 1 is 0.880 bits per heavy atom. The van der Waals surface area contributed by atoms with Crippen LogP contribution in [-0.4, -0.2) is 39.1 Å². The molecule has 2 rings (SSSR count). The lowest BCUT2D eigenvalue weighted by molar-refractivity contribution is -0.857. The number of amides is 2. The minimum Gasteiger partial charge on any atom is -0.484 e. The van der Waals surface area contributed by atoms with Gasteiger partial charge in [0.15, 0.2) is 6.61 Å². The highest BCUT2D eigenvalue weighted by Gasteiger charge is 2.07. The molecule has 0 saturated heterocycles. The molecule has 0 saturated carbocycles. The maximum absolute atomic E-state index is 11.7. The van der Waals surface area contributed by atoms with Crippen LogP contribution in [0.25, 0.3) is 11.1 Å². The standard InChI is InChI=1S/C19H23N3O3/c1-22(2)13-12-18(23)20-21-19(24)14-25-17-10-8-16(9-11-17)15-6-4-3-5-7-15/h3-11H,12-14H2,1-2H3,(H,20,23)(H,21,24)/p+1. The topological polar surface area (TPSA) is 71.9 Å². The van der Waals surface area contributed by atoms with E-state index in [4.69, 9.17) is 4.74 Å². The third kappa shape index (κ3) is 6.64. The number of rotatable bonds is 7. The van der Waals surface area contributed by atoms with Crippen LogP contribution in [0.4, 0.5) is 0 Å². The molecule has 6 nitrogen and oxygen atoms in total. The van der Waals surface area contributed by atoms with E-state index in [0.29, 0.717) is 18.7 Å². The molecule has 0 aliphatic rings. The summed E-state index contributed by atoms with van der Waals surface area (Å²) < 4.78 is 5.42. The Bertz CT molecular complexity index is 685. The summed E-state index contributed by atoms with van der Waals surface area (Å²) in [4.78, 5) is 24.4. The van der Waals surface area contributed by atoms with Gasteiger partial charge in [0.25, 0.3) is 5.91 Å². The van der Waals surface area contributed by atoms with Crippen LogP contribution in [0.1, 0.15) is 6.42 Å². The number of hydrogen-bond acceptors (Lipinski definition) is 3. The summed E-state index contributed by atoms with van der Waals surface area (Å²) in [7, 11) is 3.92. The Kier molecular flexibility index (Phi) is 6.98. The van der Waals surface area contributed by atoms with E-state index in [1.165, 1.54) is 4.90 Å². The van der Waals surface area contributed by atoms with Gasteiger partial charge in [-0.25, -0.2) is 0 Å². The Balaban J connectivity index is 1.74. The molecule has 0 aromatic heterocycles. The zero-order chi connectivity index (χ0) is 18.1. The average Bonchev–Trinajstić information content (AvgIpc) is 2.64.